The molecule has 1 aromatic carbocycles. The number of aliphatic hydroxyl groups excluding tert-OH is 1. The summed E-state index contributed by atoms with van der Waals surface area (Å²) in [6.07, 6.45) is 1.82. The SMILES string of the molecule is CC(=O)Nc1cccc2c1ccn2CC(=O)NC(CO)C(C)C. The number of benzene rings is 1. The zero-order valence-electron chi connectivity index (χ0n) is 13.7. The summed E-state index contributed by atoms with van der Waals surface area (Å²) < 4.78 is 1.82. The molecule has 0 aliphatic rings. The number of amides is 2. The van der Waals surface area contributed by atoms with Gasteiger partial charge in [0.25, 0.3) is 0 Å². The fourth-order valence-corrected chi connectivity index (χ4v) is 2.49. The molecule has 6 heteroatoms. The number of fused-ring (bicyclic) bond motifs is 1. The largest absolute Gasteiger partial charge is 0.394 e. The smallest absolute Gasteiger partial charge is 0.240 e. The van der Waals surface area contributed by atoms with Crippen LogP contribution in [0, 0.1) is 5.92 Å². The lowest BCUT2D eigenvalue weighted by molar-refractivity contribution is -0.123. The molecular formula is C17H23N3O3. The van der Waals surface area contributed by atoms with Gasteiger partial charge in [0.1, 0.15) is 6.54 Å². The van der Waals surface area contributed by atoms with Crippen molar-refractivity contribution in [2.45, 2.75) is 33.4 Å². The maximum atomic E-state index is 12.2. The third kappa shape index (κ3) is 4.10. The fraction of sp³-hybridized carbons (Fsp3) is 0.412. The summed E-state index contributed by atoms with van der Waals surface area (Å²) in [5.74, 6) is -0.123. The normalized spacial score (nSPS) is 12.4. The van der Waals surface area contributed by atoms with E-state index in [1.807, 2.05) is 48.9 Å². The molecule has 2 aromatic rings. The van der Waals surface area contributed by atoms with Crippen molar-refractivity contribution in [1.82, 2.24) is 9.88 Å². The summed E-state index contributed by atoms with van der Waals surface area (Å²) >= 11 is 0. The van der Waals surface area contributed by atoms with Crippen molar-refractivity contribution < 1.29 is 14.7 Å². The van der Waals surface area contributed by atoms with Crippen LogP contribution in [0.25, 0.3) is 10.9 Å². The highest BCUT2D eigenvalue weighted by molar-refractivity contribution is 6.01. The van der Waals surface area contributed by atoms with E-state index in [0.717, 1.165) is 16.6 Å². The highest BCUT2D eigenvalue weighted by Gasteiger charge is 2.16. The molecule has 1 atom stereocenters. The summed E-state index contributed by atoms with van der Waals surface area (Å²) in [6, 6.07) is 7.19. The van der Waals surface area contributed by atoms with Gasteiger partial charge >= 0.3 is 0 Å². The molecule has 3 N–H and O–H groups in total. The van der Waals surface area contributed by atoms with Gasteiger partial charge in [-0.15, -0.1) is 0 Å². The van der Waals surface area contributed by atoms with E-state index < -0.39 is 0 Å². The van der Waals surface area contributed by atoms with Gasteiger partial charge in [-0.1, -0.05) is 19.9 Å². The van der Waals surface area contributed by atoms with Crippen molar-refractivity contribution >= 4 is 28.4 Å². The van der Waals surface area contributed by atoms with Crippen molar-refractivity contribution in [2.75, 3.05) is 11.9 Å². The summed E-state index contributed by atoms with van der Waals surface area (Å²) in [7, 11) is 0. The molecule has 2 amide bonds. The predicted molar refractivity (Wildman–Crippen MR) is 90.1 cm³/mol. The van der Waals surface area contributed by atoms with Crippen LogP contribution in [-0.2, 0) is 16.1 Å². The second-order valence-corrected chi connectivity index (χ2v) is 5.96. The number of carbonyl (C=O) groups is 2. The van der Waals surface area contributed by atoms with E-state index in [1.54, 1.807) is 0 Å². The number of nitrogens with zero attached hydrogens (tertiary/aromatic N) is 1. The first-order valence-corrected chi connectivity index (χ1v) is 7.68. The maximum absolute atomic E-state index is 12.2. The molecule has 0 fully saturated rings. The Labute approximate surface area is 135 Å². The number of rotatable bonds is 6. The van der Waals surface area contributed by atoms with E-state index in [1.165, 1.54) is 6.92 Å². The molecule has 0 spiro atoms. The van der Waals surface area contributed by atoms with Crippen molar-refractivity contribution in [3.05, 3.63) is 30.5 Å². The highest BCUT2D eigenvalue weighted by Crippen LogP contribution is 2.24. The molecule has 0 radical (unpaired) electrons. The number of hydrogen-bond donors (Lipinski definition) is 3. The standard InChI is InChI=1S/C17H23N3O3/c1-11(2)15(10-21)19-17(23)9-20-8-7-13-14(18-12(3)22)5-4-6-16(13)20/h4-8,11,15,21H,9-10H2,1-3H3,(H,18,22)(H,19,23). The Bertz CT molecular complexity index is 706. The molecule has 0 aliphatic heterocycles. The lowest BCUT2D eigenvalue weighted by atomic mass is 10.1. The number of carbonyl (C=O) groups excluding carboxylic acids is 2. The van der Waals surface area contributed by atoms with E-state index in [0.29, 0.717) is 0 Å². The van der Waals surface area contributed by atoms with Crippen molar-refractivity contribution in [3.63, 3.8) is 0 Å². The van der Waals surface area contributed by atoms with Gasteiger partial charge in [0.05, 0.1) is 23.9 Å². The van der Waals surface area contributed by atoms with Gasteiger partial charge in [-0.3, -0.25) is 9.59 Å². The summed E-state index contributed by atoms with van der Waals surface area (Å²) in [5.41, 5.74) is 1.60. The van der Waals surface area contributed by atoms with Crippen LogP contribution in [0.1, 0.15) is 20.8 Å². The Morgan fingerprint density at radius 1 is 1.26 bits per heavy atom. The fourth-order valence-electron chi connectivity index (χ4n) is 2.49. The first-order valence-electron chi connectivity index (χ1n) is 7.68. The van der Waals surface area contributed by atoms with Crippen LogP contribution in [0.2, 0.25) is 0 Å². The van der Waals surface area contributed by atoms with Crippen LogP contribution in [0.15, 0.2) is 30.5 Å². The Morgan fingerprint density at radius 3 is 2.61 bits per heavy atom. The van der Waals surface area contributed by atoms with Crippen LogP contribution < -0.4 is 10.6 Å². The number of aromatic nitrogens is 1. The van der Waals surface area contributed by atoms with Crippen LogP contribution >= 0.6 is 0 Å². The molecule has 1 heterocycles. The molecule has 0 saturated carbocycles. The molecule has 2 rings (SSSR count). The first-order chi connectivity index (χ1) is 10.9. The van der Waals surface area contributed by atoms with E-state index in [4.69, 9.17) is 0 Å². The van der Waals surface area contributed by atoms with E-state index in [2.05, 4.69) is 10.6 Å². The van der Waals surface area contributed by atoms with Crippen molar-refractivity contribution in [3.8, 4) is 0 Å². The van der Waals surface area contributed by atoms with Gasteiger partial charge in [0.2, 0.25) is 11.8 Å². The average molecular weight is 317 g/mol. The zero-order chi connectivity index (χ0) is 17.0. The van der Waals surface area contributed by atoms with E-state index in [-0.39, 0.29) is 36.9 Å². The summed E-state index contributed by atoms with van der Waals surface area (Å²) in [4.78, 5) is 23.4. The number of hydrogen-bond acceptors (Lipinski definition) is 3. The highest BCUT2D eigenvalue weighted by atomic mass is 16.3. The predicted octanol–water partition coefficient (Wildman–Crippen LogP) is 1.73. The molecule has 23 heavy (non-hydrogen) atoms. The molecule has 0 bridgehead atoms. The van der Waals surface area contributed by atoms with Crippen LogP contribution in [0.5, 0.6) is 0 Å². The Hall–Kier alpha value is -2.34. The van der Waals surface area contributed by atoms with Gasteiger partial charge in [-0.05, 0) is 24.1 Å². The van der Waals surface area contributed by atoms with E-state index >= 15 is 0 Å². The molecule has 6 nitrogen and oxygen atoms in total. The quantitative estimate of drug-likeness (QED) is 0.759. The van der Waals surface area contributed by atoms with Crippen molar-refractivity contribution in [2.24, 2.45) is 5.92 Å². The number of nitrogens with one attached hydrogen (secondary N) is 2. The molecule has 124 valence electrons. The van der Waals surface area contributed by atoms with Gasteiger partial charge in [0.15, 0.2) is 0 Å². The number of anilines is 1. The maximum Gasteiger partial charge on any atom is 0.240 e. The van der Waals surface area contributed by atoms with Gasteiger partial charge in [-0.2, -0.15) is 0 Å². The third-order valence-electron chi connectivity index (χ3n) is 3.79. The molecule has 1 unspecified atom stereocenters. The van der Waals surface area contributed by atoms with Crippen LogP contribution in [-0.4, -0.2) is 34.1 Å². The van der Waals surface area contributed by atoms with E-state index in [9.17, 15) is 14.7 Å². The van der Waals surface area contributed by atoms with Crippen molar-refractivity contribution in [1.29, 1.82) is 0 Å². The van der Waals surface area contributed by atoms with Gasteiger partial charge < -0.3 is 20.3 Å². The Kier molecular flexibility index (Phi) is 5.39. The number of aliphatic hydroxyl groups is 1. The summed E-state index contributed by atoms with van der Waals surface area (Å²) in [6.45, 7) is 5.45. The third-order valence-corrected chi connectivity index (χ3v) is 3.79. The second-order valence-electron chi connectivity index (χ2n) is 5.96. The topological polar surface area (TPSA) is 83.4 Å². The molecule has 1 aromatic heterocycles. The second kappa shape index (κ2) is 7.28. The van der Waals surface area contributed by atoms with Gasteiger partial charge in [0, 0.05) is 18.5 Å². The minimum Gasteiger partial charge on any atom is -0.394 e. The molecule has 0 aliphatic carbocycles. The van der Waals surface area contributed by atoms with Gasteiger partial charge in [-0.25, -0.2) is 0 Å². The summed E-state index contributed by atoms with van der Waals surface area (Å²) in [5, 5.41) is 15.8. The first kappa shape index (κ1) is 17.0. The molecule has 0 saturated heterocycles. The van der Waals surface area contributed by atoms with Crippen LogP contribution in [0.3, 0.4) is 0 Å². The zero-order valence-corrected chi connectivity index (χ0v) is 13.7. The molecular weight excluding hydrogens is 294 g/mol. The lowest BCUT2D eigenvalue weighted by Gasteiger charge is -2.20. The van der Waals surface area contributed by atoms with Crippen LogP contribution in [0.4, 0.5) is 5.69 Å². The minimum atomic E-state index is -0.251. The minimum absolute atomic E-state index is 0.0808. The monoisotopic (exact) mass is 317 g/mol. The average Bonchev–Trinajstić information content (AvgIpc) is 2.88. The Balaban J connectivity index is 2.18. The lowest BCUT2D eigenvalue weighted by Crippen LogP contribution is -2.42. The Morgan fingerprint density at radius 2 is 2.00 bits per heavy atom.